The molecule has 1 spiro atoms. The van der Waals surface area contributed by atoms with Crippen molar-refractivity contribution in [2.24, 2.45) is 23.2 Å². The lowest BCUT2D eigenvalue weighted by Crippen LogP contribution is -2.49. The van der Waals surface area contributed by atoms with Crippen LogP contribution >= 0.6 is 0 Å². The Balaban J connectivity index is 1.27. The molecule has 0 unspecified atom stereocenters. The molecule has 0 N–H and O–H groups in total. The van der Waals surface area contributed by atoms with Gasteiger partial charge < -0.3 is 0 Å². The summed E-state index contributed by atoms with van der Waals surface area (Å²) >= 11 is 0. The van der Waals surface area contributed by atoms with Gasteiger partial charge in [-0.25, -0.2) is 8.78 Å². The lowest BCUT2D eigenvalue weighted by Gasteiger charge is -2.60. The van der Waals surface area contributed by atoms with Crippen molar-refractivity contribution in [1.29, 1.82) is 0 Å². The second-order valence-electron chi connectivity index (χ2n) is 8.64. The van der Waals surface area contributed by atoms with Gasteiger partial charge in [-0.1, -0.05) is 32.3 Å². The van der Waals surface area contributed by atoms with Crippen LogP contribution in [0.2, 0.25) is 0 Å². The molecule has 1 aromatic carbocycles. The number of hydrogen-bond acceptors (Lipinski definition) is 0. The zero-order valence-electron chi connectivity index (χ0n) is 14.2. The highest BCUT2D eigenvalue weighted by Gasteiger charge is 2.54. The summed E-state index contributed by atoms with van der Waals surface area (Å²) in [6.45, 7) is 2.33. The van der Waals surface area contributed by atoms with Crippen LogP contribution in [0.15, 0.2) is 18.2 Å². The highest BCUT2D eigenvalue weighted by molar-refractivity contribution is 5.26. The number of benzene rings is 1. The van der Waals surface area contributed by atoms with Crippen LogP contribution in [0.1, 0.15) is 76.2 Å². The van der Waals surface area contributed by atoms with Gasteiger partial charge in [-0.15, -0.1) is 0 Å². The molecule has 3 fully saturated rings. The fourth-order valence-electron chi connectivity index (χ4n) is 5.77. The average Bonchev–Trinajstić information content (AvgIpc) is 2.48. The Hall–Kier alpha value is -0.920. The zero-order valence-corrected chi connectivity index (χ0v) is 14.2. The summed E-state index contributed by atoms with van der Waals surface area (Å²) < 4.78 is 26.4. The molecule has 0 aliphatic heterocycles. The first-order valence-corrected chi connectivity index (χ1v) is 9.53. The third kappa shape index (κ3) is 2.83. The number of halogens is 2. The van der Waals surface area contributed by atoms with Crippen LogP contribution in [0.25, 0.3) is 0 Å². The van der Waals surface area contributed by atoms with Crippen molar-refractivity contribution < 1.29 is 8.78 Å². The van der Waals surface area contributed by atoms with Gasteiger partial charge >= 0.3 is 0 Å². The second-order valence-corrected chi connectivity index (χ2v) is 8.64. The molecule has 3 saturated carbocycles. The molecule has 0 amide bonds. The lowest BCUT2D eigenvalue weighted by atomic mass is 9.45. The van der Waals surface area contributed by atoms with E-state index in [1.807, 2.05) is 0 Å². The van der Waals surface area contributed by atoms with Gasteiger partial charge in [-0.2, -0.15) is 0 Å². The van der Waals surface area contributed by atoms with Crippen LogP contribution in [0.3, 0.4) is 0 Å². The van der Waals surface area contributed by atoms with Crippen LogP contribution < -0.4 is 0 Å². The smallest absolute Gasteiger partial charge is 0.159 e. The first-order valence-electron chi connectivity index (χ1n) is 9.53. The second kappa shape index (κ2) is 5.86. The summed E-state index contributed by atoms with van der Waals surface area (Å²) in [7, 11) is 0. The highest BCUT2D eigenvalue weighted by atomic mass is 19.2. The van der Waals surface area contributed by atoms with Crippen LogP contribution in [0.4, 0.5) is 8.78 Å². The molecule has 0 heterocycles. The van der Waals surface area contributed by atoms with E-state index in [-0.39, 0.29) is 0 Å². The molecular formula is C21H28F2. The van der Waals surface area contributed by atoms with E-state index >= 15 is 0 Å². The summed E-state index contributed by atoms with van der Waals surface area (Å²) in [5.74, 6) is 1.96. The van der Waals surface area contributed by atoms with Crippen molar-refractivity contribution in [2.45, 2.75) is 70.6 Å². The summed E-state index contributed by atoms with van der Waals surface area (Å²) in [6.07, 6.45) is 12.3. The maximum atomic E-state index is 13.4. The molecule has 23 heavy (non-hydrogen) atoms. The molecule has 0 bridgehead atoms. The molecule has 126 valence electrons. The van der Waals surface area contributed by atoms with Crippen LogP contribution in [-0.4, -0.2) is 0 Å². The summed E-state index contributed by atoms with van der Waals surface area (Å²) in [6, 6.07) is 4.47. The minimum atomic E-state index is -0.728. The van der Waals surface area contributed by atoms with Crippen molar-refractivity contribution in [1.82, 2.24) is 0 Å². The van der Waals surface area contributed by atoms with E-state index in [9.17, 15) is 8.78 Å². The van der Waals surface area contributed by atoms with E-state index in [0.717, 1.165) is 23.3 Å². The quantitative estimate of drug-likeness (QED) is 0.600. The first kappa shape index (κ1) is 15.6. The van der Waals surface area contributed by atoms with Gasteiger partial charge in [0.05, 0.1) is 0 Å². The molecule has 0 radical (unpaired) electrons. The van der Waals surface area contributed by atoms with Gasteiger partial charge in [-0.3, -0.25) is 0 Å². The Morgan fingerprint density at radius 3 is 2.22 bits per heavy atom. The Morgan fingerprint density at radius 2 is 1.61 bits per heavy atom. The topological polar surface area (TPSA) is 0 Å². The van der Waals surface area contributed by atoms with E-state index in [0.29, 0.717) is 11.3 Å². The Labute approximate surface area is 138 Å². The van der Waals surface area contributed by atoms with Crippen molar-refractivity contribution >= 4 is 0 Å². The summed E-state index contributed by atoms with van der Waals surface area (Å²) in [5.41, 5.74) is 1.56. The zero-order chi connectivity index (χ0) is 16.0. The largest absolute Gasteiger partial charge is 0.204 e. The van der Waals surface area contributed by atoms with Gasteiger partial charge in [-0.05, 0) is 85.3 Å². The van der Waals surface area contributed by atoms with Gasteiger partial charge in [0.25, 0.3) is 0 Å². The maximum Gasteiger partial charge on any atom is 0.159 e. The molecule has 4 rings (SSSR count). The summed E-state index contributed by atoms with van der Waals surface area (Å²) in [4.78, 5) is 0. The van der Waals surface area contributed by atoms with E-state index in [1.165, 1.54) is 69.9 Å². The Kier molecular flexibility index (Phi) is 3.98. The molecule has 0 saturated heterocycles. The minimum Gasteiger partial charge on any atom is -0.204 e. The molecule has 0 atom stereocenters. The van der Waals surface area contributed by atoms with Crippen LogP contribution in [-0.2, 0) is 0 Å². The van der Waals surface area contributed by atoms with Crippen molar-refractivity contribution in [3.05, 3.63) is 35.4 Å². The Morgan fingerprint density at radius 1 is 0.913 bits per heavy atom. The molecule has 3 aliphatic carbocycles. The fourth-order valence-corrected chi connectivity index (χ4v) is 5.77. The van der Waals surface area contributed by atoms with E-state index in [2.05, 4.69) is 6.92 Å². The molecular weight excluding hydrogens is 290 g/mol. The number of hydrogen-bond donors (Lipinski definition) is 0. The standard InChI is InChI=1S/C21H28F2/c1-2-14-3-5-15(6-4-14)17-10-21(11-17)12-18(13-21)16-7-8-19(22)20(23)9-16/h7-9,14-15,17-18H,2-6,10-13H2,1H3/t14-,15-,17?,18?,21?. The highest BCUT2D eigenvalue weighted by Crippen LogP contribution is 2.66. The van der Waals surface area contributed by atoms with Gasteiger partial charge in [0, 0.05) is 0 Å². The Bertz CT molecular complexity index is 557. The predicted octanol–water partition coefficient (Wildman–Crippen LogP) is 6.46. The van der Waals surface area contributed by atoms with Gasteiger partial charge in [0.1, 0.15) is 0 Å². The number of rotatable bonds is 3. The average molecular weight is 318 g/mol. The van der Waals surface area contributed by atoms with Crippen molar-refractivity contribution in [3.8, 4) is 0 Å². The lowest BCUT2D eigenvalue weighted by molar-refractivity contribution is -0.0725. The van der Waals surface area contributed by atoms with E-state index < -0.39 is 11.6 Å². The molecule has 2 heteroatoms. The monoisotopic (exact) mass is 318 g/mol. The minimum absolute atomic E-state index is 0.460. The third-order valence-electron chi connectivity index (χ3n) is 7.30. The van der Waals surface area contributed by atoms with Crippen LogP contribution in [0.5, 0.6) is 0 Å². The fraction of sp³-hybridized carbons (Fsp3) is 0.714. The van der Waals surface area contributed by atoms with Crippen LogP contribution in [0, 0.1) is 34.8 Å². The maximum absolute atomic E-state index is 13.4. The normalized spacial score (nSPS) is 39.8. The van der Waals surface area contributed by atoms with Gasteiger partial charge in [0.2, 0.25) is 0 Å². The first-order chi connectivity index (χ1) is 11.1. The predicted molar refractivity (Wildman–Crippen MR) is 89.2 cm³/mol. The molecule has 3 aliphatic rings. The molecule has 0 aromatic heterocycles. The van der Waals surface area contributed by atoms with E-state index in [4.69, 9.17) is 0 Å². The van der Waals surface area contributed by atoms with Crippen molar-refractivity contribution in [2.75, 3.05) is 0 Å². The molecule has 1 aromatic rings. The van der Waals surface area contributed by atoms with Crippen molar-refractivity contribution in [3.63, 3.8) is 0 Å². The van der Waals surface area contributed by atoms with Gasteiger partial charge in [0.15, 0.2) is 11.6 Å². The SMILES string of the molecule is CC[C@H]1CC[C@H](C2CC3(CC(c4ccc(F)c(F)c4)C3)C2)CC1. The third-order valence-corrected chi connectivity index (χ3v) is 7.30. The molecule has 0 nitrogen and oxygen atoms in total. The van der Waals surface area contributed by atoms with E-state index in [1.54, 1.807) is 6.07 Å². The summed E-state index contributed by atoms with van der Waals surface area (Å²) in [5, 5.41) is 0.